The average Bonchev–Trinajstić information content (AvgIpc) is 2.74. The van der Waals surface area contributed by atoms with Crippen LogP contribution in [0, 0.1) is 5.82 Å². The van der Waals surface area contributed by atoms with Crippen molar-refractivity contribution in [2.45, 2.75) is 39.2 Å². The lowest BCUT2D eigenvalue weighted by molar-refractivity contribution is 0.573. The molecule has 2 N–H and O–H groups in total. The van der Waals surface area contributed by atoms with Crippen molar-refractivity contribution in [3.8, 4) is 0 Å². The van der Waals surface area contributed by atoms with Crippen LogP contribution >= 0.6 is 0 Å². The lowest BCUT2D eigenvalue weighted by Gasteiger charge is -2.27. The van der Waals surface area contributed by atoms with Gasteiger partial charge in [0, 0.05) is 32.4 Å². The molecule has 150 valence electrons. The standard InChI is InChI=1S/C22H30FN5/c1-2-24-22(26-13-10-18-6-8-20(23)9-7-18)27-17-19-11-12-25-21(16-19)28-14-4-3-5-15-28/h6-9,11-12,16H,2-5,10,13-15,17H2,1H3,(H2,24,26,27). The highest BCUT2D eigenvalue weighted by Gasteiger charge is 2.12. The maximum absolute atomic E-state index is 13.0. The summed E-state index contributed by atoms with van der Waals surface area (Å²) in [6.45, 7) is 6.39. The predicted octanol–water partition coefficient (Wildman–Crippen LogP) is 3.51. The average molecular weight is 384 g/mol. The van der Waals surface area contributed by atoms with Gasteiger partial charge in [-0.2, -0.15) is 0 Å². The minimum absolute atomic E-state index is 0.201. The van der Waals surface area contributed by atoms with Gasteiger partial charge in [0.05, 0.1) is 6.54 Å². The van der Waals surface area contributed by atoms with E-state index in [-0.39, 0.29) is 5.82 Å². The fourth-order valence-corrected chi connectivity index (χ4v) is 3.34. The summed E-state index contributed by atoms with van der Waals surface area (Å²) in [5, 5.41) is 6.63. The van der Waals surface area contributed by atoms with Crippen LogP contribution in [0.4, 0.5) is 10.2 Å². The maximum atomic E-state index is 13.0. The summed E-state index contributed by atoms with van der Waals surface area (Å²) in [7, 11) is 0. The topological polar surface area (TPSA) is 52.6 Å². The fraction of sp³-hybridized carbons (Fsp3) is 0.455. The Bertz CT molecular complexity index is 754. The summed E-state index contributed by atoms with van der Waals surface area (Å²) in [5.74, 6) is 1.65. The van der Waals surface area contributed by atoms with E-state index in [0.29, 0.717) is 6.54 Å². The van der Waals surface area contributed by atoms with Crippen molar-refractivity contribution in [1.29, 1.82) is 0 Å². The number of nitrogens with one attached hydrogen (secondary N) is 2. The van der Waals surface area contributed by atoms with E-state index in [4.69, 9.17) is 4.99 Å². The maximum Gasteiger partial charge on any atom is 0.191 e. The summed E-state index contributed by atoms with van der Waals surface area (Å²) in [6.07, 6.45) is 6.50. The van der Waals surface area contributed by atoms with Crippen molar-refractivity contribution >= 4 is 11.8 Å². The van der Waals surface area contributed by atoms with Gasteiger partial charge >= 0.3 is 0 Å². The van der Waals surface area contributed by atoms with Gasteiger partial charge in [-0.3, -0.25) is 0 Å². The molecular formula is C22H30FN5. The molecule has 0 bridgehead atoms. The minimum Gasteiger partial charge on any atom is -0.357 e. The molecule has 1 aliphatic heterocycles. The normalized spacial score (nSPS) is 14.8. The van der Waals surface area contributed by atoms with E-state index in [2.05, 4.69) is 33.5 Å². The van der Waals surface area contributed by atoms with E-state index < -0.39 is 0 Å². The molecule has 1 aliphatic rings. The summed E-state index contributed by atoms with van der Waals surface area (Å²) < 4.78 is 13.0. The molecule has 6 heteroatoms. The lowest BCUT2D eigenvalue weighted by Crippen LogP contribution is -2.38. The van der Waals surface area contributed by atoms with Crippen molar-refractivity contribution in [3.05, 3.63) is 59.5 Å². The third kappa shape index (κ3) is 6.22. The van der Waals surface area contributed by atoms with E-state index in [9.17, 15) is 4.39 Å². The first-order valence-electron chi connectivity index (χ1n) is 10.2. The Morgan fingerprint density at radius 3 is 2.61 bits per heavy atom. The first-order valence-corrected chi connectivity index (χ1v) is 10.2. The van der Waals surface area contributed by atoms with Crippen LogP contribution < -0.4 is 15.5 Å². The van der Waals surface area contributed by atoms with Crippen molar-refractivity contribution in [3.63, 3.8) is 0 Å². The first-order chi connectivity index (χ1) is 13.7. The number of hydrogen-bond donors (Lipinski definition) is 2. The van der Waals surface area contributed by atoms with Crippen molar-refractivity contribution < 1.29 is 4.39 Å². The lowest BCUT2D eigenvalue weighted by atomic mass is 10.1. The van der Waals surface area contributed by atoms with E-state index in [1.807, 2.05) is 24.4 Å². The van der Waals surface area contributed by atoms with Gasteiger partial charge in [0.1, 0.15) is 11.6 Å². The van der Waals surface area contributed by atoms with Gasteiger partial charge in [-0.1, -0.05) is 12.1 Å². The Hall–Kier alpha value is -2.63. The number of halogens is 1. The number of benzene rings is 1. The van der Waals surface area contributed by atoms with E-state index in [0.717, 1.165) is 55.5 Å². The second-order valence-electron chi connectivity index (χ2n) is 7.07. The fourth-order valence-electron chi connectivity index (χ4n) is 3.34. The van der Waals surface area contributed by atoms with Gasteiger partial charge in [-0.15, -0.1) is 0 Å². The number of hydrogen-bond acceptors (Lipinski definition) is 3. The first kappa shape index (κ1) is 20.1. The smallest absolute Gasteiger partial charge is 0.191 e. The largest absolute Gasteiger partial charge is 0.357 e. The predicted molar refractivity (Wildman–Crippen MR) is 113 cm³/mol. The summed E-state index contributed by atoms with van der Waals surface area (Å²) >= 11 is 0. The van der Waals surface area contributed by atoms with Crippen LogP contribution in [0.5, 0.6) is 0 Å². The Kier molecular flexibility index (Phi) is 7.64. The van der Waals surface area contributed by atoms with Crippen molar-refractivity contribution in [2.24, 2.45) is 4.99 Å². The van der Waals surface area contributed by atoms with E-state index in [1.54, 1.807) is 0 Å². The number of rotatable bonds is 7. The molecule has 2 aromatic rings. The third-order valence-corrected chi connectivity index (χ3v) is 4.87. The zero-order chi connectivity index (χ0) is 19.6. The zero-order valence-electron chi connectivity index (χ0n) is 16.6. The van der Waals surface area contributed by atoms with Gasteiger partial charge < -0.3 is 15.5 Å². The van der Waals surface area contributed by atoms with Gasteiger partial charge in [0.2, 0.25) is 0 Å². The molecule has 3 rings (SSSR count). The second-order valence-corrected chi connectivity index (χ2v) is 7.07. The van der Waals surface area contributed by atoms with Crippen LogP contribution in [-0.2, 0) is 13.0 Å². The van der Waals surface area contributed by atoms with Crippen LogP contribution in [0.25, 0.3) is 0 Å². The molecule has 28 heavy (non-hydrogen) atoms. The molecule has 0 saturated carbocycles. The zero-order valence-corrected chi connectivity index (χ0v) is 16.6. The Morgan fingerprint density at radius 2 is 1.86 bits per heavy atom. The van der Waals surface area contributed by atoms with Gasteiger partial charge in [0.15, 0.2) is 5.96 Å². The number of pyridine rings is 1. The van der Waals surface area contributed by atoms with Crippen LogP contribution in [-0.4, -0.2) is 37.1 Å². The monoisotopic (exact) mass is 383 g/mol. The molecule has 0 spiro atoms. The summed E-state index contributed by atoms with van der Waals surface area (Å²) in [6, 6.07) is 10.8. The Labute approximate surface area is 167 Å². The van der Waals surface area contributed by atoms with Crippen LogP contribution in [0.15, 0.2) is 47.6 Å². The van der Waals surface area contributed by atoms with Gasteiger partial charge in [0.25, 0.3) is 0 Å². The number of anilines is 1. The molecular weight excluding hydrogens is 353 g/mol. The third-order valence-electron chi connectivity index (χ3n) is 4.87. The second kappa shape index (κ2) is 10.6. The molecule has 5 nitrogen and oxygen atoms in total. The Balaban J connectivity index is 1.55. The van der Waals surface area contributed by atoms with E-state index >= 15 is 0 Å². The molecule has 0 aliphatic carbocycles. The van der Waals surface area contributed by atoms with Gasteiger partial charge in [-0.05, 0) is 68.0 Å². The Morgan fingerprint density at radius 1 is 1.07 bits per heavy atom. The molecule has 0 unspecified atom stereocenters. The SMILES string of the molecule is CCNC(=NCc1ccnc(N2CCCCC2)c1)NCCc1ccc(F)cc1. The number of piperidine rings is 1. The summed E-state index contributed by atoms with van der Waals surface area (Å²) in [4.78, 5) is 11.6. The molecule has 1 fully saturated rings. The molecule has 1 aromatic heterocycles. The van der Waals surface area contributed by atoms with E-state index in [1.165, 1.54) is 31.4 Å². The molecule has 2 heterocycles. The number of aromatic nitrogens is 1. The highest BCUT2D eigenvalue weighted by atomic mass is 19.1. The van der Waals surface area contributed by atoms with Crippen molar-refractivity contribution in [2.75, 3.05) is 31.1 Å². The minimum atomic E-state index is -0.201. The van der Waals surface area contributed by atoms with Gasteiger partial charge in [-0.25, -0.2) is 14.4 Å². The molecule has 0 atom stereocenters. The highest BCUT2D eigenvalue weighted by Crippen LogP contribution is 2.18. The van der Waals surface area contributed by atoms with Crippen LogP contribution in [0.1, 0.15) is 37.3 Å². The number of guanidine groups is 1. The van der Waals surface area contributed by atoms with Crippen LogP contribution in [0.3, 0.4) is 0 Å². The van der Waals surface area contributed by atoms with Crippen molar-refractivity contribution in [1.82, 2.24) is 15.6 Å². The molecule has 1 saturated heterocycles. The van der Waals surface area contributed by atoms with Crippen LogP contribution in [0.2, 0.25) is 0 Å². The molecule has 1 aromatic carbocycles. The quantitative estimate of drug-likeness (QED) is 0.568. The number of aliphatic imine (C=N–C) groups is 1. The molecule has 0 amide bonds. The highest BCUT2D eigenvalue weighted by molar-refractivity contribution is 5.79. The number of nitrogens with zero attached hydrogens (tertiary/aromatic N) is 3. The molecule has 0 radical (unpaired) electrons. The summed E-state index contributed by atoms with van der Waals surface area (Å²) in [5.41, 5.74) is 2.26.